The second kappa shape index (κ2) is 3.49. The molecule has 1 aromatic heterocycles. The fourth-order valence-electron chi connectivity index (χ4n) is 1.40. The van der Waals surface area contributed by atoms with Crippen molar-refractivity contribution in [3.05, 3.63) is 36.5 Å². The Balaban J connectivity index is 2.65. The third kappa shape index (κ3) is 1.57. The minimum atomic E-state index is 0.0394. The van der Waals surface area contributed by atoms with Gasteiger partial charge in [-0.1, -0.05) is 12.1 Å². The van der Waals surface area contributed by atoms with Crippen LogP contribution in [0.4, 0.5) is 11.4 Å². The SMILES string of the molecule is Nc1cccnc1-c1cccc(O)c1N. The average molecular weight is 201 g/mol. The fourth-order valence-corrected chi connectivity index (χ4v) is 1.40. The molecule has 2 aromatic rings. The first kappa shape index (κ1) is 9.33. The molecule has 0 unspecified atom stereocenters. The number of para-hydroxylation sites is 1. The quantitative estimate of drug-likeness (QED) is 0.483. The van der Waals surface area contributed by atoms with Crippen molar-refractivity contribution in [3.8, 4) is 17.0 Å². The van der Waals surface area contributed by atoms with Crippen LogP contribution >= 0.6 is 0 Å². The van der Waals surface area contributed by atoms with E-state index in [0.717, 1.165) is 0 Å². The Morgan fingerprint density at radius 3 is 2.60 bits per heavy atom. The number of nitrogen functional groups attached to an aromatic ring is 2. The Morgan fingerprint density at radius 2 is 1.87 bits per heavy atom. The van der Waals surface area contributed by atoms with Gasteiger partial charge in [0.15, 0.2) is 0 Å². The van der Waals surface area contributed by atoms with Gasteiger partial charge in [0, 0.05) is 11.8 Å². The van der Waals surface area contributed by atoms with E-state index in [2.05, 4.69) is 4.98 Å². The van der Waals surface area contributed by atoms with Crippen molar-refractivity contribution in [3.63, 3.8) is 0 Å². The summed E-state index contributed by atoms with van der Waals surface area (Å²) in [6, 6.07) is 8.49. The van der Waals surface area contributed by atoms with E-state index in [0.29, 0.717) is 22.6 Å². The minimum Gasteiger partial charge on any atom is -0.506 e. The van der Waals surface area contributed by atoms with E-state index in [1.165, 1.54) is 6.07 Å². The number of hydrogen-bond acceptors (Lipinski definition) is 4. The lowest BCUT2D eigenvalue weighted by molar-refractivity contribution is 0.478. The van der Waals surface area contributed by atoms with Crippen LogP contribution in [-0.2, 0) is 0 Å². The molecule has 15 heavy (non-hydrogen) atoms. The molecule has 0 aliphatic rings. The van der Waals surface area contributed by atoms with Crippen molar-refractivity contribution >= 4 is 11.4 Å². The molecule has 2 rings (SSSR count). The number of rotatable bonds is 1. The summed E-state index contributed by atoms with van der Waals surface area (Å²) in [7, 11) is 0. The van der Waals surface area contributed by atoms with Crippen molar-refractivity contribution in [2.75, 3.05) is 11.5 Å². The summed E-state index contributed by atoms with van der Waals surface area (Å²) < 4.78 is 0. The van der Waals surface area contributed by atoms with Gasteiger partial charge in [0.2, 0.25) is 0 Å². The van der Waals surface area contributed by atoms with Gasteiger partial charge in [0.1, 0.15) is 5.75 Å². The predicted octanol–water partition coefficient (Wildman–Crippen LogP) is 1.62. The van der Waals surface area contributed by atoms with E-state index in [-0.39, 0.29) is 5.75 Å². The Morgan fingerprint density at radius 1 is 1.07 bits per heavy atom. The number of aromatic hydroxyl groups is 1. The molecule has 4 nitrogen and oxygen atoms in total. The summed E-state index contributed by atoms with van der Waals surface area (Å²) >= 11 is 0. The smallest absolute Gasteiger partial charge is 0.139 e. The number of hydrogen-bond donors (Lipinski definition) is 3. The molecule has 1 aromatic carbocycles. The largest absolute Gasteiger partial charge is 0.506 e. The number of pyridine rings is 1. The highest BCUT2D eigenvalue weighted by atomic mass is 16.3. The summed E-state index contributed by atoms with van der Waals surface area (Å²) in [5.74, 6) is 0.0394. The average Bonchev–Trinajstić information content (AvgIpc) is 2.23. The molecule has 0 saturated heterocycles. The zero-order valence-electron chi connectivity index (χ0n) is 8.01. The molecule has 0 aliphatic carbocycles. The van der Waals surface area contributed by atoms with Crippen LogP contribution in [0.1, 0.15) is 0 Å². The van der Waals surface area contributed by atoms with Crippen molar-refractivity contribution in [1.29, 1.82) is 0 Å². The van der Waals surface area contributed by atoms with Gasteiger partial charge in [-0.05, 0) is 18.2 Å². The summed E-state index contributed by atoms with van der Waals surface area (Å²) in [5, 5.41) is 9.46. The van der Waals surface area contributed by atoms with Crippen molar-refractivity contribution in [2.24, 2.45) is 0 Å². The molecular weight excluding hydrogens is 190 g/mol. The van der Waals surface area contributed by atoms with Gasteiger partial charge < -0.3 is 16.6 Å². The van der Waals surface area contributed by atoms with Crippen LogP contribution in [0.3, 0.4) is 0 Å². The van der Waals surface area contributed by atoms with Gasteiger partial charge in [0.05, 0.1) is 17.1 Å². The van der Waals surface area contributed by atoms with Gasteiger partial charge in [-0.2, -0.15) is 0 Å². The highest BCUT2D eigenvalue weighted by molar-refractivity contribution is 5.83. The topological polar surface area (TPSA) is 85.2 Å². The van der Waals surface area contributed by atoms with E-state index in [1.54, 1.807) is 30.5 Å². The summed E-state index contributed by atoms with van der Waals surface area (Å²) in [4.78, 5) is 4.13. The molecule has 0 amide bonds. The normalized spacial score (nSPS) is 10.1. The van der Waals surface area contributed by atoms with E-state index < -0.39 is 0 Å². The number of nitrogens with two attached hydrogens (primary N) is 2. The van der Waals surface area contributed by atoms with Crippen LogP contribution in [0.25, 0.3) is 11.3 Å². The predicted molar refractivity (Wildman–Crippen MR) is 60.2 cm³/mol. The first-order chi connectivity index (χ1) is 7.20. The molecule has 76 valence electrons. The van der Waals surface area contributed by atoms with E-state index in [9.17, 15) is 5.11 Å². The lowest BCUT2D eigenvalue weighted by Gasteiger charge is -2.08. The molecule has 4 heteroatoms. The van der Waals surface area contributed by atoms with Crippen LogP contribution < -0.4 is 11.5 Å². The lowest BCUT2D eigenvalue weighted by atomic mass is 10.1. The van der Waals surface area contributed by atoms with E-state index in [4.69, 9.17) is 11.5 Å². The van der Waals surface area contributed by atoms with Crippen LogP contribution in [0, 0.1) is 0 Å². The number of aromatic nitrogens is 1. The Kier molecular flexibility index (Phi) is 2.17. The molecule has 0 atom stereocenters. The van der Waals surface area contributed by atoms with Crippen molar-refractivity contribution in [2.45, 2.75) is 0 Å². The molecule has 0 spiro atoms. The molecule has 0 radical (unpaired) electrons. The Bertz CT molecular complexity index is 497. The maximum absolute atomic E-state index is 9.46. The van der Waals surface area contributed by atoms with Crippen LogP contribution in [0.2, 0.25) is 0 Å². The van der Waals surface area contributed by atoms with E-state index >= 15 is 0 Å². The maximum atomic E-state index is 9.46. The van der Waals surface area contributed by atoms with Gasteiger partial charge in [-0.15, -0.1) is 0 Å². The zero-order chi connectivity index (χ0) is 10.8. The van der Waals surface area contributed by atoms with Gasteiger partial charge in [0.25, 0.3) is 0 Å². The van der Waals surface area contributed by atoms with Crippen LogP contribution in [-0.4, -0.2) is 10.1 Å². The number of nitrogens with zero attached hydrogens (tertiary/aromatic N) is 1. The lowest BCUT2D eigenvalue weighted by Crippen LogP contribution is -1.96. The first-order valence-electron chi connectivity index (χ1n) is 4.48. The minimum absolute atomic E-state index is 0.0394. The monoisotopic (exact) mass is 201 g/mol. The second-order valence-corrected chi connectivity index (χ2v) is 3.18. The highest BCUT2D eigenvalue weighted by Crippen LogP contribution is 2.33. The molecular formula is C11H11N3O. The number of phenols is 1. The zero-order valence-corrected chi connectivity index (χ0v) is 8.01. The fraction of sp³-hybridized carbons (Fsp3) is 0. The van der Waals surface area contributed by atoms with Crippen molar-refractivity contribution in [1.82, 2.24) is 4.98 Å². The van der Waals surface area contributed by atoms with Gasteiger partial charge in [-0.25, -0.2) is 0 Å². The van der Waals surface area contributed by atoms with Crippen molar-refractivity contribution < 1.29 is 5.11 Å². The first-order valence-corrected chi connectivity index (χ1v) is 4.48. The molecule has 0 fully saturated rings. The Labute approximate surface area is 87.2 Å². The molecule has 0 saturated carbocycles. The second-order valence-electron chi connectivity index (χ2n) is 3.18. The summed E-state index contributed by atoms with van der Waals surface area (Å²) in [5.41, 5.74) is 13.6. The third-order valence-electron chi connectivity index (χ3n) is 2.18. The van der Waals surface area contributed by atoms with Crippen LogP contribution in [0.15, 0.2) is 36.5 Å². The summed E-state index contributed by atoms with van der Waals surface area (Å²) in [6.07, 6.45) is 1.63. The summed E-state index contributed by atoms with van der Waals surface area (Å²) in [6.45, 7) is 0. The molecule has 5 N–H and O–H groups in total. The van der Waals surface area contributed by atoms with Gasteiger partial charge in [-0.3, -0.25) is 4.98 Å². The third-order valence-corrected chi connectivity index (χ3v) is 2.18. The molecule has 0 aliphatic heterocycles. The number of phenolic OH excluding ortho intramolecular Hbond substituents is 1. The molecule has 0 bridgehead atoms. The number of anilines is 2. The standard InChI is InChI=1S/C11H11N3O/c12-8-4-2-6-14-11(8)7-3-1-5-9(15)10(7)13/h1-6,15H,12-13H2. The number of benzene rings is 1. The molecule has 1 heterocycles. The van der Waals surface area contributed by atoms with Crippen LogP contribution in [0.5, 0.6) is 5.75 Å². The highest BCUT2D eigenvalue weighted by Gasteiger charge is 2.09. The van der Waals surface area contributed by atoms with E-state index in [1.807, 2.05) is 0 Å². The van der Waals surface area contributed by atoms with Gasteiger partial charge >= 0.3 is 0 Å². The Hall–Kier alpha value is -2.23. The maximum Gasteiger partial charge on any atom is 0.139 e.